The van der Waals surface area contributed by atoms with Gasteiger partial charge in [-0.2, -0.15) is 0 Å². The Hall–Kier alpha value is -2.29. The first kappa shape index (κ1) is 14.1. The van der Waals surface area contributed by atoms with Crippen LogP contribution in [0.5, 0.6) is 11.5 Å². The lowest BCUT2D eigenvalue weighted by Gasteiger charge is -2.12. The number of aromatic hydroxyl groups is 1. The maximum Gasteiger partial charge on any atom is 0.196 e. The van der Waals surface area contributed by atoms with Gasteiger partial charge in [0.05, 0.1) is 12.7 Å². The zero-order chi connectivity index (χ0) is 14.7. The van der Waals surface area contributed by atoms with Crippen molar-refractivity contribution in [3.05, 3.63) is 59.2 Å². The highest BCUT2D eigenvalue weighted by Crippen LogP contribution is 2.26. The van der Waals surface area contributed by atoms with Crippen molar-refractivity contribution in [3.63, 3.8) is 0 Å². The second kappa shape index (κ2) is 5.78. The van der Waals surface area contributed by atoms with Crippen molar-refractivity contribution in [1.29, 1.82) is 0 Å². The molecule has 0 heterocycles. The molecule has 2 aromatic carbocycles. The SMILES string of the molecule is COc1ccc(C(C)C)cc1C(=O)c1ccc(O)cc1. The van der Waals surface area contributed by atoms with E-state index in [1.165, 1.54) is 12.1 Å². The Morgan fingerprint density at radius 2 is 1.75 bits per heavy atom. The Bertz CT molecular complexity index is 613. The van der Waals surface area contributed by atoms with Gasteiger partial charge >= 0.3 is 0 Å². The van der Waals surface area contributed by atoms with Gasteiger partial charge in [-0.05, 0) is 47.9 Å². The molecule has 1 N–H and O–H groups in total. The number of hydrogen-bond acceptors (Lipinski definition) is 3. The van der Waals surface area contributed by atoms with Crippen LogP contribution in [0.15, 0.2) is 42.5 Å². The fourth-order valence-corrected chi connectivity index (χ4v) is 2.03. The number of phenolic OH excluding ortho intramolecular Hbond substituents is 1. The monoisotopic (exact) mass is 270 g/mol. The van der Waals surface area contributed by atoms with E-state index in [-0.39, 0.29) is 11.5 Å². The van der Waals surface area contributed by atoms with E-state index in [0.29, 0.717) is 22.8 Å². The minimum absolute atomic E-state index is 0.107. The summed E-state index contributed by atoms with van der Waals surface area (Å²) in [6.45, 7) is 4.16. The molecule has 104 valence electrons. The Morgan fingerprint density at radius 3 is 2.30 bits per heavy atom. The molecule has 20 heavy (non-hydrogen) atoms. The smallest absolute Gasteiger partial charge is 0.196 e. The van der Waals surface area contributed by atoms with Crippen molar-refractivity contribution in [3.8, 4) is 11.5 Å². The molecule has 0 saturated heterocycles. The van der Waals surface area contributed by atoms with Crippen LogP contribution >= 0.6 is 0 Å². The van der Waals surface area contributed by atoms with Gasteiger partial charge in [-0.15, -0.1) is 0 Å². The normalized spacial score (nSPS) is 10.6. The molecule has 0 spiro atoms. The molecule has 0 amide bonds. The van der Waals surface area contributed by atoms with Crippen LogP contribution in [-0.2, 0) is 0 Å². The number of methoxy groups -OCH3 is 1. The largest absolute Gasteiger partial charge is 0.508 e. The van der Waals surface area contributed by atoms with E-state index in [4.69, 9.17) is 4.74 Å². The summed E-state index contributed by atoms with van der Waals surface area (Å²) in [5.41, 5.74) is 2.17. The first-order valence-corrected chi connectivity index (χ1v) is 6.54. The van der Waals surface area contributed by atoms with Gasteiger partial charge in [-0.25, -0.2) is 0 Å². The van der Waals surface area contributed by atoms with Gasteiger partial charge in [0, 0.05) is 5.56 Å². The van der Waals surface area contributed by atoms with E-state index in [1.54, 1.807) is 19.2 Å². The maximum atomic E-state index is 12.6. The summed E-state index contributed by atoms with van der Waals surface area (Å²) < 4.78 is 5.28. The zero-order valence-corrected chi connectivity index (χ0v) is 11.9. The van der Waals surface area contributed by atoms with Crippen molar-refractivity contribution in [1.82, 2.24) is 0 Å². The molecule has 0 unspecified atom stereocenters. The molecule has 0 aromatic heterocycles. The Labute approximate surface area is 118 Å². The predicted octanol–water partition coefficient (Wildman–Crippen LogP) is 3.76. The summed E-state index contributed by atoms with van der Waals surface area (Å²) in [5, 5.41) is 9.29. The zero-order valence-electron chi connectivity index (χ0n) is 11.9. The van der Waals surface area contributed by atoms with Crippen molar-refractivity contribution in [2.75, 3.05) is 7.11 Å². The van der Waals surface area contributed by atoms with E-state index in [9.17, 15) is 9.90 Å². The summed E-state index contributed by atoms with van der Waals surface area (Å²) >= 11 is 0. The van der Waals surface area contributed by atoms with Crippen molar-refractivity contribution >= 4 is 5.78 Å². The molecule has 0 aliphatic rings. The first-order chi connectivity index (χ1) is 9.52. The second-order valence-electron chi connectivity index (χ2n) is 4.99. The van der Waals surface area contributed by atoms with Crippen molar-refractivity contribution in [2.24, 2.45) is 0 Å². The molecule has 3 heteroatoms. The average Bonchev–Trinajstić information content (AvgIpc) is 2.46. The van der Waals surface area contributed by atoms with Gasteiger partial charge in [-0.3, -0.25) is 4.79 Å². The van der Waals surface area contributed by atoms with E-state index in [0.717, 1.165) is 5.56 Å². The highest BCUT2D eigenvalue weighted by Gasteiger charge is 2.16. The van der Waals surface area contributed by atoms with Gasteiger partial charge in [0.1, 0.15) is 11.5 Å². The average molecular weight is 270 g/mol. The van der Waals surface area contributed by atoms with Gasteiger partial charge in [-0.1, -0.05) is 19.9 Å². The van der Waals surface area contributed by atoms with Crippen LogP contribution in [-0.4, -0.2) is 18.0 Å². The minimum atomic E-state index is -0.107. The number of carbonyl (C=O) groups excluding carboxylic acids is 1. The lowest BCUT2D eigenvalue weighted by Crippen LogP contribution is -2.05. The lowest BCUT2D eigenvalue weighted by atomic mass is 9.96. The van der Waals surface area contributed by atoms with Crippen molar-refractivity contribution in [2.45, 2.75) is 19.8 Å². The third-order valence-corrected chi connectivity index (χ3v) is 3.26. The fourth-order valence-electron chi connectivity index (χ4n) is 2.03. The molecule has 0 aliphatic carbocycles. The van der Waals surface area contributed by atoms with Crippen LogP contribution in [0.25, 0.3) is 0 Å². The summed E-state index contributed by atoms with van der Waals surface area (Å²) in [6.07, 6.45) is 0. The topological polar surface area (TPSA) is 46.5 Å². The van der Waals surface area contributed by atoms with Crippen LogP contribution in [0.3, 0.4) is 0 Å². The summed E-state index contributed by atoms with van der Waals surface area (Å²) in [7, 11) is 1.55. The van der Waals surface area contributed by atoms with Crippen molar-refractivity contribution < 1.29 is 14.6 Å². The van der Waals surface area contributed by atoms with Crippen LogP contribution < -0.4 is 4.74 Å². The number of ether oxygens (including phenoxy) is 1. The van der Waals surface area contributed by atoms with E-state index in [2.05, 4.69) is 13.8 Å². The Kier molecular flexibility index (Phi) is 4.08. The minimum Gasteiger partial charge on any atom is -0.508 e. The fraction of sp³-hybridized carbons (Fsp3) is 0.235. The van der Waals surface area contributed by atoms with Crippen LogP contribution in [0, 0.1) is 0 Å². The molecule has 0 radical (unpaired) electrons. The molecule has 3 nitrogen and oxygen atoms in total. The summed E-state index contributed by atoms with van der Waals surface area (Å²) in [6, 6.07) is 11.9. The van der Waals surface area contributed by atoms with Gasteiger partial charge in [0.25, 0.3) is 0 Å². The molecule has 0 bridgehead atoms. The van der Waals surface area contributed by atoms with Gasteiger partial charge in [0.2, 0.25) is 0 Å². The summed E-state index contributed by atoms with van der Waals surface area (Å²) in [4.78, 5) is 12.6. The number of hydrogen-bond donors (Lipinski definition) is 1. The highest BCUT2D eigenvalue weighted by atomic mass is 16.5. The van der Waals surface area contributed by atoms with E-state index < -0.39 is 0 Å². The molecule has 2 aromatic rings. The number of ketones is 1. The van der Waals surface area contributed by atoms with E-state index in [1.807, 2.05) is 18.2 Å². The second-order valence-corrected chi connectivity index (χ2v) is 4.99. The Morgan fingerprint density at radius 1 is 1.10 bits per heavy atom. The number of benzene rings is 2. The first-order valence-electron chi connectivity index (χ1n) is 6.54. The standard InChI is InChI=1S/C17H18O3/c1-11(2)13-6-9-16(20-3)15(10-13)17(19)12-4-7-14(18)8-5-12/h4-11,18H,1-3H3. The molecule has 0 saturated carbocycles. The third kappa shape index (κ3) is 2.82. The quantitative estimate of drug-likeness (QED) is 0.860. The molecule has 2 rings (SSSR count). The third-order valence-electron chi connectivity index (χ3n) is 3.26. The van der Waals surface area contributed by atoms with E-state index >= 15 is 0 Å². The number of rotatable bonds is 4. The van der Waals surface area contributed by atoms with Gasteiger partial charge in [0.15, 0.2) is 5.78 Å². The number of phenols is 1. The van der Waals surface area contributed by atoms with Crippen LogP contribution in [0.2, 0.25) is 0 Å². The molecular formula is C17H18O3. The molecular weight excluding hydrogens is 252 g/mol. The Balaban J connectivity index is 2.46. The lowest BCUT2D eigenvalue weighted by molar-refractivity contribution is 0.103. The van der Waals surface area contributed by atoms with Crippen LogP contribution in [0.4, 0.5) is 0 Å². The molecule has 0 aliphatic heterocycles. The van der Waals surface area contributed by atoms with Gasteiger partial charge < -0.3 is 9.84 Å². The molecule has 0 fully saturated rings. The predicted molar refractivity (Wildman–Crippen MR) is 78.6 cm³/mol. The van der Waals surface area contributed by atoms with Crippen LogP contribution in [0.1, 0.15) is 41.3 Å². The summed E-state index contributed by atoms with van der Waals surface area (Å²) in [5.74, 6) is 0.938. The highest BCUT2D eigenvalue weighted by molar-refractivity contribution is 6.10. The molecule has 0 atom stereocenters. The maximum absolute atomic E-state index is 12.6. The number of carbonyl (C=O) groups is 1.